The predicted octanol–water partition coefficient (Wildman–Crippen LogP) is 5.23. The number of amides is 8. The Balaban J connectivity index is 0.000000140. The quantitative estimate of drug-likeness (QED) is 0.0653. The molecular formula is C90H132N22O22S3. The molecule has 10 saturated heterocycles. The molecule has 8 amide bonds. The van der Waals surface area contributed by atoms with E-state index in [2.05, 4.69) is 61.6 Å². The fraction of sp³-hybridized carbons (Fsp3) is 0.711. The molecule has 4 saturated carbocycles. The number of nitrogens with one attached hydrogen (secondary N) is 1. The average Bonchev–Trinajstić information content (AvgIpc) is 1.71. The maximum absolute atomic E-state index is 12.8. The predicted molar refractivity (Wildman–Crippen MR) is 499 cm³/mol. The van der Waals surface area contributed by atoms with E-state index in [4.69, 9.17) is 37.9 Å². The first-order valence-electron chi connectivity index (χ1n) is 48.3. The molecule has 0 atom stereocenters. The van der Waals surface area contributed by atoms with Gasteiger partial charge in [-0.1, -0.05) is 6.58 Å². The zero-order valence-electron chi connectivity index (χ0n) is 79.1. The number of piperazine rings is 4. The summed E-state index contributed by atoms with van der Waals surface area (Å²) in [6, 6.07) is 0. The Morgan fingerprint density at radius 1 is 0.358 bits per heavy atom. The van der Waals surface area contributed by atoms with Crippen molar-refractivity contribution >= 4 is 101 Å². The molecule has 0 unspecified atom stereocenters. The van der Waals surface area contributed by atoms with E-state index in [0.29, 0.717) is 175 Å². The van der Waals surface area contributed by atoms with E-state index >= 15 is 0 Å². The first kappa shape index (κ1) is 101. The molecule has 4 aliphatic carbocycles. The third-order valence-corrected chi connectivity index (χ3v) is 32.9. The molecule has 0 spiro atoms. The van der Waals surface area contributed by atoms with Gasteiger partial charge in [-0.3, -0.25) is 38.8 Å². The molecule has 0 bridgehead atoms. The van der Waals surface area contributed by atoms with Gasteiger partial charge in [-0.25, -0.2) is 84.3 Å². The lowest BCUT2D eigenvalue weighted by Crippen LogP contribution is -2.53. The van der Waals surface area contributed by atoms with E-state index in [9.17, 15) is 63.6 Å². The Hall–Kier alpha value is -10.2. The zero-order valence-corrected chi connectivity index (χ0v) is 81.5. The molecule has 4 aromatic heterocycles. The minimum absolute atomic E-state index is 0.00446. The smallest absolute Gasteiger partial charge is 0.410 e. The first-order valence-corrected chi connectivity index (χ1v) is 53.0. The molecular weight excluding hydrogens is 1840 g/mol. The van der Waals surface area contributed by atoms with Crippen LogP contribution in [0.2, 0.25) is 0 Å². The normalized spacial score (nSPS) is 22.5. The highest BCUT2D eigenvalue weighted by Crippen LogP contribution is 2.43. The van der Waals surface area contributed by atoms with Crippen LogP contribution in [0.5, 0.6) is 23.5 Å². The maximum atomic E-state index is 12.8. The van der Waals surface area contributed by atoms with Gasteiger partial charge in [-0.2, -0.15) is 12.9 Å². The lowest BCUT2D eigenvalue weighted by atomic mass is 9.98. The van der Waals surface area contributed by atoms with Gasteiger partial charge in [0.15, 0.2) is 23.3 Å². The van der Waals surface area contributed by atoms with Crippen molar-refractivity contribution in [3.63, 3.8) is 0 Å². The highest BCUT2D eigenvalue weighted by atomic mass is 32.2. The molecule has 4 aromatic rings. The van der Waals surface area contributed by atoms with E-state index < -0.39 is 30.1 Å². The molecule has 14 aliphatic rings. The summed E-state index contributed by atoms with van der Waals surface area (Å²) in [7, 11) is -10.6. The summed E-state index contributed by atoms with van der Waals surface area (Å²) in [5.41, 5.74) is -1.00. The van der Waals surface area contributed by atoms with E-state index in [1.165, 1.54) is 60.5 Å². The van der Waals surface area contributed by atoms with Crippen LogP contribution >= 0.6 is 0 Å². The van der Waals surface area contributed by atoms with Crippen LogP contribution in [0.25, 0.3) is 0 Å². The van der Waals surface area contributed by atoms with E-state index in [-0.39, 0.29) is 141 Å². The Morgan fingerprint density at radius 3 is 0.861 bits per heavy atom. The van der Waals surface area contributed by atoms with Crippen molar-refractivity contribution in [1.82, 2.24) is 87.5 Å². The topological polar surface area (TPSA) is 470 Å². The third kappa shape index (κ3) is 28.8. The first-order chi connectivity index (χ1) is 65.6. The number of hydrogen-bond acceptors (Lipinski definition) is 33. The van der Waals surface area contributed by atoms with Crippen molar-refractivity contribution < 1.29 is 102 Å². The highest BCUT2D eigenvalue weighted by molar-refractivity contribution is 7.92. The standard InChI is InChI=1S/2C25H38N6O6S.C21H29N5O6S.C19H27N5O4/c2*1-25(6-7-25)37-24(33)29-10-4-20(5-11-29)19-36-22-17-26-21(16-27-22)31-13-12-30(18-23(31)32)38(34,35)15-14-28-8-2-3-9-28;1-3-33(29,30)25-10-11-26(19(27)14-25)17-12-23-18(13-22-17)31-15-16-4-8-24(9-5-16)20(28)32-21(2)6-7-21;1-19(4-5-19)28-18(26)23-7-2-14(3-8-23)13-27-16-11-21-15(10-22-16)24-9-6-20-12-17(24)25/h2*16-17,20H,2-15,18-19H2,1H3;3,12-13,16H,1,4-11,14-15H2,2H3;10-11,14,20H,2-9,12-13H2,1H3. The number of ether oxygens (including phenoxy) is 8. The van der Waals surface area contributed by atoms with Gasteiger partial charge < -0.3 is 72.6 Å². The number of sulfonamides is 3. The van der Waals surface area contributed by atoms with Crippen LogP contribution in [-0.2, 0) is 68.2 Å². The number of likely N-dealkylation sites (tertiary alicyclic amines) is 6. The Bertz CT molecular complexity index is 5000. The lowest BCUT2D eigenvalue weighted by Gasteiger charge is -2.33. The minimum Gasteiger partial charge on any atom is -0.476 e. The van der Waals surface area contributed by atoms with Crippen LogP contribution in [0, 0.1) is 23.7 Å². The molecule has 14 heterocycles. The SMILES string of the molecule is C=CS(=O)(=O)N1CCN(c2cnc(OCC3CCN(C(=O)OC4(C)CC4)CC3)cn2)C(=O)C1.CC1(OC(=O)N2CCC(COc3cnc(N4CCN(S(=O)(=O)CCN5CCCC5)CC4=O)cn3)CC2)CC1.CC1(OC(=O)N2CCC(COc3cnc(N4CCN(S(=O)(=O)CCN5CCCC5)CC4=O)cn3)CC2)CC1.CC1(OC(=O)N2CCC(COc3cnc(N4CCNCC4=O)cn3)CC2)CC1. The van der Waals surface area contributed by atoms with Crippen molar-refractivity contribution in [3.05, 3.63) is 61.6 Å². The summed E-state index contributed by atoms with van der Waals surface area (Å²) in [6.07, 6.45) is 29.9. The van der Waals surface area contributed by atoms with Crippen LogP contribution in [-0.4, -0.2) is 386 Å². The fourth-order valence-electron chi connectivity index (χ4n) is 17.3. The Morgan fingerprint density at radius 2 is 0.620 bits per heavy atom. The van der Waals surface area contributed by atoms with E-state index in [0.717, 1.165) is 171 Å². The van der Waals surface area contributed by atoms with Crippen LogP contribution in [0.4, 0.5) is 42.4 Å². The van der Waals surface area contributed by atoms with Gasteiger partial charge in [0.05, 0.1) is 114 Å². The third-order valence-electron chi connectivity index (χ3n) is 27.8. The van der Waals surface area contributed by atoms with Crippen molar-refractivity contribution in [2.75, 3.05) is 228 Å². The van der Waals surface area contributed by atoms with Crippen molar-refractivity contribution in [1.29, 1.82) is 0 Å². The van der Waals surface area contributed by atoms with E-state index in [1.54, 1.807) is 36.9 Å². The lowest BCUT2D eigenvalue weighted by molar-refractivity contribution is -0.120. The molecule has 14 fully saturated rings. The number of hydrogen-bond donors (Lipinski definition) is 1. The number of rotatable bonds is 30. The summed E-state index contributed by atoms with van der Waals surface area (Å²) in [4.78, 5) is 150. The number of carbonyl (C=O) groups is 8. The fourth-order valence-corrected chi connectivity index (χ4v) is 21.0. The van der Waals surface area contributed by atoms with Crippen LogP contribution in [0.15, 0.2) is 61.6 Å². The largest absolute Gasteiger partial charge is 0.476 e. The second-order valence-corrected chi connectivity index (χ2v) is 44.9. The summed E-state index contributed by atoms with van der Waals surface area (Å²) in [5.74, 6) is 3.54. The second-order valence-electron chi connectivity index (χ2n) is 38.9. The summed E-state index contributed by atoms with van der Waals surface area (Å²) < 4.78 is 124. The molecule has 10 aliphatic heterocycles. The summed E-state index contributed by atoms with van der Waals surface area (Å²) in [5, 5.41) is 3.87. The molecule has 18 rings (SSSR count). The molecule has 752 valence electrons. The molecule has 1 N–H and O–H groups in total. The monoisotopic (exact) mass is 1970 g/mol. The Labute approximate surface area is 801 Å². The van der Waals surface area contributed by atoms with Gasteiger partial charge in [0.2, 0.25) is 77.2 Å². The summed E-state index contributed by atoms with van der Waals surface area (Å²) in [6.45, 7) is 25.5. The van der Waals surface area contributed by atoms with Crippen molar-refractivity contribution in [3.8, 4) is 23.5 Å². The van der Waals surface area contributed by atoms with Gasteiger partial charge in [-0.15, -0.1) is 0 Å². The zero-order chi connectivity index (χ0) is 96.7. The number of nitrogens with zero attached hydrogens (tertiary/aromatic N) is 21. The number of aromatic nitrogens is 8. The van der Waals surface area contributed by atoms with Crippen LogP contribution in [0.3, 0.4) is 0 Å². The average molecular weight is 1970 g/mol. The highest BCUT2D eigenvalue weighted by Gasteiger charge is 2.48. The van der Waals surface area contributed by atoms with Gasteiger partial charge in [0.25, 0.3) is 0 Å². The molecule has 44 nitrogen and oxygen atoms in total. The van der Waals surface area contributed by atoms with Gasteiger partial charge in [0, 0.05) is 123 Å². The van der Waals surface area contributed by atoms with Gasteiger partial charge in [0.1, 0.15) is 22.4 Å². The van der Waals surface area contributed by atoms with Crippen LogP contribution in [0.1, 0.15) is 156 Å². The van der Waals surface area contributed by atoms with Gasteiger partial charge >= 0.3 is 24.4 Å². The Kier molecular flexibility index (Phi) is 33.2. The molecule has 137 heavy (non-hydrogen) atoms. The molecule has 0 aromatic carbocycles. The summed E-state index contributed by atoms with van der Waals surface area (Å²) >= 11 is 0. The van der Waals surface area contributed by atoms with E-state index in [1.807, 2.05) is 27.7 Å². The van der Waals surface area contributed by atoms with Gasteiger partial charge in [-0.05, 0) is 206 Å². The molecule has 0 radical (unpaired) electrons. The minimum atomic E-state index is -3.63. The number of anilines is 4. The second kappa shape index (κ2) is 45.0. The van der Waals surface area contributed by atoms with Crippen LogP contribution < -0.4 is 43.9 Å². The number of piperidine rings is 4. The van der Waals surface area contributed by atoms with Crippen molar-refractivity contribution in [2.24, 2.45) is 23.7 Å². The molecule has 47 heteroatoms. The number of carbonyl (C=O) groups excluding carboxylic acids is 8. The maximum Gasteiger partial charge on any atom is 0.410 e. The van der Waals surface area contributed by atoms with Crippen molar-refractivity contribution in [2.45, 2.75) is 179 Å².